The predicted octanol–water partition coefficient (Wildman–Crippen LogP) is 0.283. The van der Waals surface area contributed by atoms with Crippen molar-refractivity contribution >= 4 is 22.0 Å². The molecule has 2 aliphatic heterocycles. The van der Waals surface area contributed by atoms with Crippen LogP contribution in [0.15, 0.2) is 17.2 Å². The summed E-state index contributed by atoms with van der Waals surface area (Å²) in [7, 11) is -0.584. The number of piperidine rings is 1. The van der Waals surface area contributed by atoms with Crippen LogP contribution >= 0.6 is 0 Å². The van der Waals surface area contributed by atoms with Crippen LogP contribution in [0.4, 0.5) is 0 Å². The molecule has 1 spiro atoms. The Kier molecular flexibility index (Phi) is 4.62. The van der Waals surface area contributed by atoms with E-state index in [2.05, 4.69) is 0 Å². The molecule has 144 valence electrons. The Bertz CT molecular complexity index is 838. The summed E-state index contributed by atoms with van der Waals surface area (Å²) in [6, 6.07) is 2.07. The van der Waals surface area contributed by atoms with Crippen molar-refractivity contribution in [2.24, 2.45) is 12.5 Å². The minimum Gasteiger partial charge on any atom is -0.480 e. The van der Waals surface area contributed by atoms with E-state index in [1.807, 2.05) is 4.90 Å². The van der Waals surface area contributed by atoms with Gasteiger partial charge in [-0.15, -0.1) is 0 Å². The number of aromatic nitrogens is 1. The molecule has 0 radical (unpaired) electrons. The first kappa shape index (κ1) is 18.9. The SMILES string of the molecule is CN1CC2(CCN(S(=O)(=O)c3ccc(C(=O)O)n3C)CC2)C[C@H]1C(=O)O. The Labute approximate surface area is 151 Å². The number of carboxylic acid groups (broad SMARTS) is 2. The Morgan fingerprint density at radius 3 is 2.23 bits per heavy atom. The lowest BCUT2D eigenvalue weighted by atomic mass is 9.77. The second-order valence-electron chi connectivity index (χ2n) is 7.30. The molecule has 0 amide bonds. The van der Waals surface area contributed by atoms with Crippen LogP contribution in [0.25, 0.3) is 0 Å². The summed E-state index contributed by atoms with van der Waals surface area (Å²) in [5.74, 6) is -2.02. The molecule has 0 saturated carbocycles. The van der Waals surface area contributed by atoms with Gasteiger partial charge < -0.3 is 14.8 Å². The van der Waals surface area contributed by atoms with Gasteiger partial charge in [-0.1, -0.05) is 0 Å². The Morgan fingerprint density at radius 1 is 1.15 bits per heavy atom. The van der Waals surface area contributed by atoms with Gasteiger partial charge in [0, 0.05) is 26.7 Å². The molecule has 2 N–H and O–H groups in total. The summed E-state index contributed by atoms with van der Waals surface area (Å²) in [5, 5.41) is 18.4. The summed E-state index contributed by atoms with van der Waals surface area (Å²) < 4.78 is 28.3. The molecule has 26 heavy (non-hydrogen) atoms. The number of rotatable bonds is 4. The van der Waals surface area contributed by atoms with Gasteiger partial charge in [-0.05, 0) is 43.9 Å². The van der Waals surface area contributed by atoms with Gasteiger partial charge in [-0.2, -0.15) is 4.31 Å². The summed E-state index contributed by atoms with van der Waals surface area (Å²) in [6.07, 6.45) is 1.72. The molecule has 3 rings (SSSR count). The number of sulfonamides is 1. The van der Waals surface area contributed by atoms with Crippen LogP contribution < -0.4 is 0 Å². The van der Waals surface area contributed by atoms with Gasteiger partial charge in [-0.25, -0.2) is 13.2 Å². The maximum absolute atomic E-state index is 12.9. The second-order valence-corrected chi connectivity index (χ2v) is 9.18. The zero-order chi connectivity index (χ0) is 19.3. The predicted molar refractivity (Wildman–Crippen MR) is 91.5 cm³/mol. The van der Waals surface area contributed by atoms with Crippen molar-refractivity contribution in [2.75, 3.05) is 26.7 Å². The molecule has 1 aromatic heterocycles. The fourth-order valence-corrected chi connectivity index (χ4v) is 5.82. The third kappa shape index (κ3) is 3.01. The van der Waals surface area contributed by atoms with E-state index in [9.17, 15) is 23.1 Å². The van der Waals surface area contributed by atoms with Crippen molar-refractivity contribution < 1.29 is 28.2 Å². The van der Waals surface area contributed by atoms with Gasteiger partial charge in [-0.3, -0.25) is 9.69 Å². The average Bonchev–Trinajstić information content (AvgIpc) is 3.09. The zero-order valence-corrected chi connectivity index (χ0v) is 15.6. The molecule has 10 heteroatoms. The highest BCUT2D eigenvalue weighted by Crippen LogP contribution is 2.43. The topological polar surface area (TPSA) is 120 Å². The van der Waals surface area contributed by atoms with Crippen LogP contribution in [0, 0.1) is 5.41 Å². The maximum atomic E-state index is 12.9. The molecular weight excluding hydrogens is 362 g/mol. The molecule has 1 aromatic rings. The highest BCUT2D eigenvalue weighted by Gasteiger charge is 2.48. The number of nitrogens with zero attached hydrogens (tertiary/aromatic N) is 3. The van der Waals surface area contributed by atoms with E-state index in [0.717, 1.165) is 0 Å². The molecule has 0 unspecified atom stereocenters. The van der Waals surface area contributed by atoms with E-state index < -0.39 is 28.0 Å². The molecule has 0 aliphatic carbocycles. The monoisotopic (exact) mass is 385 g/mol. The van der Waals surface area contributed by atoms with E-state index >= 15 is 0 Å². The van der Waals surface area contributed by atoms with Crippen molar-refractivity contribution in [3.05, 3.63) is 17.8 Å². The fraction of sp³-hybridized carbons (Fsp3) is 0.625. The van der Waals surface area contributed by atoms with Gasteiger partial charge in [0.15, 0.2) is 5.03 Å². The van der Waals surface area contributed by atoms with E-state index in [-0.39, 0.29) is 16.1 Å². The van der Waals surface area contributed by atoms with E-state index in [1.165, 1.54) is 28.1 Å². The summed E-state index contributed by atoms with van der Waals surface area (Å²) >= 11 is 0. The van der Waals surface area contributed by atoms with Crippen molar-refractivity contribution in [2.45, 2.75) is 30.3 Å². The summed E-state index contributed by atoms with van der Waals surface area (Å²) in [5.41, 5.74) is -0.261. The molecule has 3 heterocycles. The lowest BCUT2D eigenvalue weighted by Gasteiger charge is -2.38. The molecule has 9 nitrogen and oxygen atoms in total. The van der Waals surface area contributed by atoms with Crippen molar-refractivity contribution in [1.82, 2.24) is 13.8 Å². The number of aliphatic carboxylic acids is 1. The molecule has 2 fully saturated rings. The van der Waals surface area contributed by atoms with Crippen LogP contribution in [0.5, 0.6) is 0 Å². The van der Waals surface area contributed by atoms with E-state index in [0.29, 0.717) is 38.9 Å². The van der Waals surface area contributed by atoms with Gasteiger partial charge in [0.25, 0.3) is 10.0 Å². The molecular formula is C16H23N3O6S. The van der Waals surface area contributed by atoms with Gasteiger partial charge >= 0.3 is 11.9 Å². The fourth-order valence-electron chi connectivity index (χ4n) is 4.21. The molecule has 2 saturated heterocycles. The number of likely N-dealkylation sites (tertiary alicyclic amines) is 1. The van der Waals surface area contributed by atoms with Crippen LogP contribution in [-0.2, 0) is 21.9 Å². The smallest absolute Gasteiger partial charge is 0.352 e. The lowest BCUT2D eigenvalue weighted by Crippen LogP contribution is -2.44. The van der Waals surface area contributed by atoms with Crippen molar-refractivity contribution in [1.29, 1.82) is 0 Å². The summed E-state index contributed by atoms with van der Waals surface area (Å²) in [4.78, 5) is 24.3. The average molecular weight is 385 g/mol. The normalized spacial score (nSPS) is 24.2. The van der Waals surface area contributed by atoms with E-state index in [1.54, 1.807) is 7.05 Å². The number of hydrogen-bond donors (Lipinski definition) is 2. The van der Waals surface area contributed by atoms with Crippen molar-refractivity contribution in [3.8, 4) is 0 Å². The lowest BCUT2D eigenvalue weighted by molar-refractivity contribution is -0.141. The molecule has 0 aromatic carbocycles. The largest absolute Gasteiger partial charge is 0.480 e. The highest BCUT2D eigenvalue weighted by atomic mass is 32.2. The Morgan fingerprint density at radius 2 is 1.77 bits per heavy atom. The zero-order valence-electron chi connectivity index (χ0n) is 14.8. The van der Waals surface area contributed by atoms with Crippen molar-refractivity contribution in [3.63, 3.8) is 0 Å². The maximum Gasteiger partial charge on any atom is 0.352 e. The Balaban J connectivity index is 1.76. The van der Waals surface area contributed by atoms with Gasteiger partial charge in [0.1, 0.15) is 11.7 Å². The first-order chi connectivity index (χ1) is 12.1. The second kappa shape index (κ2) is 6.36. The minimum absolute atomic E-state index is 0.0437. The molecule has 2 aliphatic rings. The van der Waals surface area contributed by atoms with Crippen LogP contribution in [0.1, 0.15) is 29.8 Å². The van der Waals surface area contributed by atoms with Gasteiger partial charge in [0.05, 0.1) is 0 Å². The van der Waals surface area contributed by atoms with E-state index in [4.69, 9.17) is 5.11 Å². The number of aromatic carboxylic acids is 1. The quantitative estimate of drug-likeness (QED) is 0.764. The first-order valence-corrected chi connectivity index (χ1v) is 9.84. The minimum atomic E-state index is -3.79. The van der Waals surface area contributed by atoms with Crippen LogP contribution in [0.2, 0.25) is 0 Å². The Hall–Kier alpha value is -1.91. The van der Waals surface area contributed by atoms with Gasteiger partial charge in [0.2, 0.25) is 0 Å². The number of carboxylic acids is 2. The highest BCUT2D eigenvalue weighted by molar-refractivity contribution is 7.89. The first-order valence-electron chi connectivity index (χ1n) is 8.40. The van der Waals surface area contributed by atoms with Crippen LogP contribution in [0.3, 0.4) is 0 Å². The third-order valence-corrected chi connectivity index (χ3v) is 7.69. The third-order valence-electron chi connectivity index (χ3n) is 5.71. The molecule has 0 bridgehead atoms. The number of hydrogen-bond acceptors (Lipinski definition) is 5. The molecule has 1 atom stereocenters. The van der Waals surface area contributed by atoms with Crippen LogP contribution in [-0.4, -0.2) is 77.1 Å². The number of likely N-dealkylation sites (N-methyl/N-ethyl adjacent to an activating group) is 1. The number of carbonyl (C=O) groups is 2. The summed E-state index contributed by atoms with van der Waals surface area (Å²) in [6.45, 7) is 1.25. The standard InChI is InChI=1S/C16H23N3O6S/c1-17-10-16(9-12(17)15(22)23)5-7-19(8-6-16)26(24,25)13-4-3-11(14(20)21)18(13)2/h3-4,12H,5-10H2,1-2H3,(H,20,21)(H,22,23)/t12-/m0/s1.